The number of carbonyl (C=O) groups excluding carboxylic acids is 2. The van der Waals surface area contributed by atoms with Gasteiger partial charge in [0.1, 0.15) is 0 Å². The Bertz CT molecular complexity index is 1140. The number of aryl methyl sites for hydroxylation is 1. The molecule has 0 bridgehead atoms. The average molecular weight is 430 g/mol. The van der Waals surface area contributed by atoms with Crippen molar-refractivity contribution < 1.29 is 14.3 Å². The number of benzene rings is 1. The van der Waals surface area contributed by atoms with Crippen molar-refractivity contribution >= 4 is 40.4 Å². The van der Waals surface area contributed by atoms with E-state index in [1.807, 2.05) is 22.6 Å². The van der Waals surface area contributed by atoms with Crippen LogP contribution in [0.2, 0.25) is 0 Å². The van der Waals surface area contributed by atoms with Gasteiger partial charge in [0.05, 0.1) is 17.4 Å². The maximum absolute atomic E-state index is 13.0. The first-order chi connectivity index (χ1) is 14.6. The number of fused-ring (bicyclic) bond motifs is 3. The van der Waals surface area contributed by atoms with Gasteiger partial charge in [0.15, 0.2) is 5.16 Å². The van der Waals surface area contributed by atoms with Crippen LogP contribution >= 0.6 is 11.8 Å². The summed E-state index contributed by atoms with van der Waals surface area (Å²) >= 11 is 1.48. The maximum atomic E-state index is 13.0. The molecule has 0 radical (unpaired) electrons. The number of hydrogen-bond acceptors (Lipinski definition) is 7. The van der Waals surface area contributed by atoms with Gasteiger partial charge in [-0.15, -0.1) is 10.2 Å². The van der Waals surface area contributed by atoms with Gasteiger partial charge in [-0.2, -0.15) is 0 Å². The topological polar surface area (TPSA) is 111 Å². The number of hydrogen-bond donors (Lipinski definition) is 1. The van der Waals surface area contributed by atoms with E-state index in [1.54, 1.807) is 17.7 Å². The molecule has 0 spiro atoms. The molecule has 158 valence electrons. The second kappa shape index (κ2) is 8.84. The highest BCUT2D eigenvalue weighted by Gasteiger charge is 2.27. The Morgan fingerprint density at radius 3 is 2.73 bits per heavy atom. The second-order valence-corrected chi connectivity index (χ2v) is 7.91. The predicted octanol–water partition coefficient (Wildman–Crippen LogP) is 1.11. The fraction of sp³-hybridized carbons (Fsp3) is 0.421. The summed E-state index contributed by atoms with van der Waals surface area (Å²) < 4.78 is 8.63. The summed E-state index contributed by atoms with van der Waals surface area (Å²) in [5.41, 5.74) is 0.652. The van der Waals surface area contributed by atoms with Crippen LogP contribution in [0.5, 0.6) is 0 Å². The molecule has 10 nitrogen and oxygen atoms in total. The lowest BCUT2D eigenvalue weighted by Gasteiger charge is -2.12. The number of nitrogens with zero attached hydrogens (tertiary/aromatic N) is 5. The molecule has 2 aromatic heterocycles. The molecule has 0 unspecified atom stereocenters. The summed E-state index contributed by atoms with van der Waals surface area (Å²) in [6, 6.07) is 7.05. The summed E-state index contributed by atoms with van der Waals surface area (Å²) in [4.78, 5) is 37.5. The monoisotopic (exact) mass is 430 g/mol. The van der Waals surface area contributed by atoms with E-state index >= 15 is 0 Å². The Kier molecular flexibility index (Phi) is 6.00. The number of para-hydroxylation sites is 1. The van der Waals surface area contributed by atoms with E-state index in [-0.39, 0.29) is 24.0 Å². The number of urea groups is 1. The molecule has 1 aromatic carbocycles. The number of nitrogens with one attached hydrogen (secondary N) is 1. The van der Waals surface area contributed by atoms with Gasteiger partial charge in [-0.3, -0.25) is 23.5 Å². The summed E-state index contributed by atoms with van der Waals surface area (Å²) in [7, 11) is 1.63. The third-order valence-electron chi connectivity index (χ3n) is 4.90. The molecule has 1 saturated heterocycles. The van der Waals surface area contributed by atoms with E-state index in [0.717, 1.165) is 5.52 Å². The average Bonchev–Trinajstić information content (AvgIpc) is 3.31. The first-order valence-corrected chi connectivity index (χ1v) is 10.7. The van der Waals surface area contributed by atoms with Crippen LogP contribution in [0, 0.1) is 0 Å². The van der Waals surface area contributed by atoms with Crippen molar-refractivity contribution in [3.8, 4) is 0 Å². The van der Waals surface area contributed by atoms with Crippen LogP contribution in [0.15, 0.2) is 34.2 Å². The van der Waals surface area contributed by atoms with Gasteiger partial charge in [0.2, 0.25) is 11.7 Å². The molecule has 3 aromatic rings. The fourth-order valence-electron chi connectivity index (χ4n) is 3.46. The molecule has 3 heterocycles. The van der Waals surface area contributed by atoms with Crippen molar-refractivity contribution in [2.75, 3.05) is 32.6 Å². The van der Waals surface area contributed by atoms with E-state index < -0.39 is 0 Å². The number of thioether (sulfide) groups is 1. The normalized spacial score (nSPS) is 14.2. The molecule has 30 heavy (non-hydrogen) atoms. The standard InChI is InChI=1S/C19H22N6O4S/c1-29-10-4-8-24-16(27)13-6-2-3-7-14(13)25-17(24)21-22-19(25)30-11-5-9-23-15(26)12-20-18(23)28/h2-3,6-7H,4-5,8-12H2,1H3,(H,20,28). The zero-order valence-electron chi connectivity index (χ0n) is 16.5. The summed E-state index contributed by atoms with van der Waals surface area (Å²) in [5, 5.41) is 12.4. The van der Waals surface area contributed by atoms with E-state index in [9.17, 15) is 14.4 Å². The molecule has 3 amide bonds. The number of carbonyl (C=O) groups is 2. The van der Waals surface area contributed by atoms with Gasteiger partial charge in [-0.25, -0.2) is 4.79 Å². The van der Waals surface area contributed by atoms with Gasteiger partial charge < -0.3 is 10.1 Å². The molecule has 0 saturated carbocycles. The third-order valence-corrected chi connectivity index (χ3v) is 5.92. The Morgan fingerprint density at radius 1 is 1.13 bits per heavy atom. The second-order valence-electron chi connectivity index (χ2n) is 6.84. The molecule has 1 aliphatic rings. The summed E-state index contributed by atoms with van der Waals surface area (Å²) in [6.07, 6.45) is 1.32. The molecule has 1 N–H and O–H groups in total. The smallest absolute Gasteiger partial charge is 0.324 e. The molecule has 11 heteroatoms. The number of ether oxygens (including phenoxy) is 1. The van der Waals surface area contributed by atoms with Crippen LogP contribution in [0.4, 0.5) is 4.79 Å². The Labute approximate surface area is 176 Å². The minimum Gasteiger partial charge on any atom is -0.385 e. The van der Waals surface area contributed by atoms with Gasteiger partial charge >= 0.3 is 6.03 Å². The predicted molar refractivity (Wildman–Crippen MR) is 112 cm³/mol. The molecular weight excluding hydrogens is 408 g/mol. The van der Waals surface area contributed by atoms with Crippen LogP contribution in [0.25, 0.3) is 16.7 Å². The molecule has 4 rings (SSSR count). The largest absolute Gasteiger partial charge is 0.385 e. The van der Waals surface area contributed by atoms with Crippen LogP contribution in [0.3, 0.4) is 0 Å². The van der Waals surface area contributed by atoms with Crippen molar-refractivity contribution in [1.29, 1.82) is 0 Å². The Balaban J connectivity index is 1.59. The zero-order valence-corrected chi connectivity index (χ0v) is 17.4. The number of amides is 3. The highest BCUT2D eigenvalue weighted by molar-refractivity contribution is 7.99. The highest BCUT2D eigenvalue weighted by Crippen LogP contribution is 2.22. The Morgan fingerprint density at radius 2 is 1.97 bits per heavy atom. The molecule has 1 fully saturated rings. The summed E-state index contributed by atoms with van der Waals surface area (Å²) in [6.45, 7) is 1.45. The van der Waals surface area contributed by atoms with E-state index in [1.165, 1.54) is 16.7 Å². The Hall–Kier alpha value is -2.92. The maximum Gasteiger partial charge on any atom is 0.324 e. The van der Waals surface area contributed by atoms with E-state index in [4.69, 9.17) is 4.74 Å². The molecular formula is C19H22N6O4S. The van der Waals surface area contributed by atoms with E-state index in [0.29, 0.717) is 54.6 Å². The van der Waals surface area contributed by atoms with Gasteiger partial charge in [0, 0.05) is 32.6 Å². The lowest BCUT2D eigenvalue weighted by Crippen LogP contribution is -2.32. The quantitative estimate of drug-likeness (QED) is 0.308. The highest BCUT2D eigenvalue weighted by atomic mass is 32.2. The van der Waals surface area contributed by atoms with E-state index in [2.05, 4.69) is 15.5 Å². The molecule has 0 atom stereocenters. The van der Waals surface area contributed by atoms with Crippen LogP contribution < -0.4 is 10.9 Å². The van der Waals surface area contributed by atoms with Crippen molar-refractivity contribution in [1.82, 2.24) is 29.4 Å². The zero-order chi connectivity index (χ0) is 21.1. The van der Waals surface area contributed by atoms with Crippen molar-refractivity contribution in [3.05, 3.63) is 34.6 Å². The lowest BCUT2D eigenvalue weighted by atomic mass is 10.2. The van der Waals surface area contributed by atoms with Crippen LogP contribution in [0.1, 0.15) is 12.8 Å². The first-order valence-electron chi connectivity index (χ1n) is 9.68. The number of imide groups is 1. The van der Waals surface area contributed by atoms with Gasteiger partial charge in [-0.1, -0.05) is 23.9 Å². The van der Waals surface area contributed by atoms with Crippen molar-refractivity contribution in [2.24, 2.45) is 0 Å². The van der Waals surface area contributed by atoms with Crippen molar-refractivity contribution in [3.63, 3.8) is 0 Å². The van der Waals surface area contributed by atoms with Crippen LogP contribution in [-0.4, -0.2) is 68.6 Å². The third kappa shape index (κ3) is 3.77. The van der Waals surface area contributed by atoms with Gasteiger partial charge in [-0.05, 0) is 25.0 Å². The number of rotatable bonds is 9. The minimum absolute atomic E-state index is 0.0629. The number of methoxy groups -OCH3 is 1. The van der Waals surface area contributed by atoms with Gasteiger partial charge in [0.25, 0.3) is 5.56 Å². The SMILES string of the molecule is COCCCn1c(=O)c2ccccc2n2c(SCCCN3C(=O)CNC3=O)nnc12. The summed E-state index contributed by atoms with van der Waals surface area (Å²) in [5.74, 6) is 0.935. The number of aromatic nitrogens is 4. The minimum atomic E-state index is -0.344. The van der Waals surface area contributed by atoms with Crippen LogP contribution in [-0.2, 0) is 16.1 Å². The van der Waals surface area contributed by atoms with Crippen molar-refractivity contribution in [2.45, 2.75) is 24.5 Å². The first kappa shape index (κ1) is 20.4. The molecule has 1 aliphatic heterocycles. The fourth-order valence-corrected chi connectivity index (χ4v) is 4.33. The molecule has 0 aliphatic carbocycles. The lowest BCUT2D eigenvalue weighted by molar-refractivity contribution is -0.124.